The Hall–Kier alpha value is -4.43. The van der Waals surface area contributed by atoms with Crippen LogP contribution in [0.1, 0.15) is 10.4 Å². The Bertz CT molecular complexity index is 2190. The van der Waals surface area contributed by atoms with Gasteiger partial charge in [-0.25, -0.2) is 17.8 Å². The highest BCUT2D eigenvalue weighted by Gasteiger charge is 2.26. The number of hydrogen-bond donors (Lipinski definition) is 1. The van der Waals surface area contributed by atoms with Crippen LogP contribution in [0.4, 0.5) is 10.1 Å². The van der Waals surface area contributed by atoms with Crippen LogP contribution in [0.5, 0.6) is 5.75 Å². The molecule has 1 N–H and O–H groups in total. The lowest BCUT2D eigenvalue weighted by Gasteiger charge is -2.21. The molecular formula is C32H25FIN3O6S. The predicted octanol–water partition coefficient (Wildman–Crippen LogP) is 7.08. The maximum absolute atomic E-state index is 13.7. The third kappa shape index (κ3) is 5.28. The average molecular weight is 726 g/mol. The molecule has 0 aliphatic heterocycles. The number of halogens is 2. The monoisotopic (exact) mass is 725 g/mol. The summed E-state index contributed by atoms with van der Waals surface area (Å²) < 4.78 is 59.4. The average Bonchev–Trinajstić information content (AvgIpc) is 3.60. The summed E-state index contributed by atoms with van der Waals surface area (Å²) in [4.78, 5) is 17.9. The van der Waals surface area contributed by atoms with Crippen LogP contribution < -0.4 is 14.4 Å². The first-order valence-electron chi connectivity index (χ1n) is 13.3. The Morgan fingerprint density at radius 2 is 1.68 bits per heavy atom. The number of nitrogens with one attached hydrogen (secondary N) is 1. The number of furan rings is 1. The topological polar surface area (TPSA) is 115 Å². The van der Waals surface area contributed by atoms with E-state index in [0.717, 1.165) is 14.1 Å². The van der Waals surface area contributed by atoms with Crippen LogP contribution in [0.15, 0.2) is 81.6 Å². The van der Waals surface area contributed by atoms with Crippen molar-refractivity contribution in [2.45, 2.75) is 0 Å². The van der Waals surface area contributed by atoms with Crippen LogP contribution in [0.25, 0.3) is 56.0 Å². The highest BCUT2D eigenvalue weighted by molar-refractivity contribution is 14.1. The smallest absolute Gasteiger partial charge is 0.255 e. The first-order valence-corrected chi connectivity index (χ1v) is 16.2. The molecule has 0 atom stereocenters. The van der Waals surface area contributed by atoms with Crippen LogP contribution in [0.3, 0.4) is 0 Å². The van der Waals surface area contributed by atoms with Gasteiger partial charge in [0.05, 0.1) is 30.2 Å². The third-order valence-corrected chi connectivity index (χ3v) is 9.16. The highest BCUT2D eigenvalue weighted by atomic mass is 127. The minimum absolute atomic E-state index is 0.223. The molecular weight excluding hydrogens is 700 g/mol. The van der Waals surface area contributed by atoms with Gasteiger partial charge in [0.1, 0.15) is 28.4 Å². The number of nitrogens with zero attached hydrogens (tertiary/aromatic N) is 2. The molecule has 0 saturated carbocycles. The molecule has 12 heteroatoms. The number of amides is 1. The summed E-state index contributed by atoms with van der Waals surface area (Å²) in [5.41, 5.74) is 4.24. The molecule has 0 aliphatic carbocycles. The number of oxazole rings is 1. The molecule has 9 nitrogen and oxygen atoms in total. The summed E-state index contributed by atoms with van der Waals surface area (Å²) in [6, 6.07) is 19.9. The van der Waals surface area contributed by atoms with Gasteiger partial charge in [0, 0.05) is 40.2 Å². The molecule has 44 heavy (non-hydrogen) atoms. The van der Waals surface area contributed by atoms with E-state index < -0.39 is 21.7 Å². The molecule has 2 aromatic heterocycles. The second-order valence-corrected chi connectivity index (χ2v) is 13.3. The zero-order valence-electron chi connectivity index (χ0n) is 23.9. The molecule has 1 amide bonds. The number of aromatic nitrogens is 1. The van der Waals surface area contributed by atoms with Crippen molar-refractivity contribution >= 4 is 66.3 Å². The van der Waals surface area contributed by atoms with Crippen molar-refractivity contribution in [3.8, 4) is 39.7 Å². The number of fused-ring (bicyclic) bond motifs is 2. The van der Waals surface area contributed by atoms with Crippen molar-refractivity contribution in [1.82, 2.24) is 10.3 Å². The summed E-state index contributed by atoms with van der Waals surface area (Å²) in [6.07, 6.45) is 1.10. The van der Waals surface area contributed by atoms with E-state index in [-0.39, 0.29) is 16.9 Å². The summed E-state index contributed by atoms with van der Waals surface area (Å²) in [5, 5.41) is 3.09. The lowest BCUT2D eigenvalue weighted by Crippen LogP contribution is -2.25. The molecule has 224 valence electrons. The van der Waals surface area contributed by atoms with Crippen LogP contribution in [-0.2, 0) is 10.0 Å². The maximum Gasteiger partial charge on any atom is 0.255 e. The number of rotatable bonds is 7. The van der Waals surface area contributed by atoms with Crippen molar-refractivity contribution < 1.29 is 31.2 Å². The number of sulfonamides is 1. The Morgan fingerprint density at radius 3 is 2.36 bits per heavy atom. The van der Waals surface area contributed by atoms with E-state index in [0.29, 0.717) is 56.1 Å². The van der Waals surface area contributed by atoms with Crippen LogP contribution >= 0.6 is 22.6 Å². The van der Waals surface area contributed by atoms with Crippen molar-refractivity contribution in [2.75, 3.05) is 31.8 Å². The Kier molecular flexibility index (Phi) is 7.58. The SMILES string of the molecule is CNC(=O)c1c(-c2ccc(F)cc2)oc2cc(N(C)S(C)(=O)=O)c(-c3ccc(OC)c(-c4nc5ccc(I)cc5o4)c3)cc12. The first-order chi connectivity index (χ1) is 21.0. The molecule has 6 aromatic rings. The quantitative estimate of drug-likeness (QED) is 0.175. The van der Waals surface area contributed by atoms with E-state index in [1.807, 2.05) is 18.2 Å². The van der Waals surface area contributed by atoms with Crippen LogP contribution in [0, 0.1) is 9.39 Å². The van der Waals surface area contributed by atoms with Gasteiger partial charge < -0.3 is 18.9 Å². The Labute approximate surface area is 265 Å². The van der Waals surface area contributed by atoms with E-state index in [9.17, 15) is 17.6 Å². The minimum atomic E-state index is -3.72. The fourth-order valence-corrected chi connectivity index (χ4v) is 5.98. The molecule has 2 heterocycles. The number of carbonyl (C=O) groups excluding carboxylic acids is 1. The number of anilines is 1. The van der Waals surface area contributed by atoms with Gasteiger partial charge in [0.2, 0.25) is 15.9 Å². The van der Waals surface area contributed by atoms with Crippen molar-refractivity contribution in [3.05, 3.63) is 87.7 Å². The predicted molar refractivity (Wildman–Crippen MR) is 176 cm³/mol. The van der Waals surface area contributed by atoms with Gasteiger partial charge in [-0.05, 0) is 88.8 Å². The van der Waals surface area contributed by atoms with Gasteiger partial charge in [-0.1, -0.05) is 6.07 Å². The normalized spacial score (nSPS) is 11.7. The standard InChI is InChI=1S/C32H25FIN3O6S/c1-35-31(38)29-22-15-21(18-7-12-26(41-3)23(13-18)32-36-24-11-10-20(34)14-28(24)43-32)25(37(2)44(4,39)40)16-27(22)42-30(29)17-5-8-19(33)9-6-17/h5-16H,1-4H3,(H,35,38). The van der Waals surface area contributed by atoms with Gasteiger partial charge in [-0.2, -0.15) is 0 Å². The summed E-state index contributed by atoms with van der Waals surface area (Å²) in [7, 11) is 0.761. The lowest BCUT2D eigenvalue weighted by molar-refractivity contribution is 0.0964. The number of methoxy groups -OCH3 is 1. The summed E-state index contributed by atoms with van der Waals surface area (Å²) >= 11 is 2.20. The molecule has 0 spiro atoms. The number of hydrogen-bond acceptors (Lipinski definition) is 7. The van der Waals surface area contributed by atoms with E-state index in [2.05, 4.69) is 32.9 Å². The molecule has 0 bridgehead atoms. The molecule has 0 unspecified atom stereocenters. The molecule has 0 aliphatic rings. The second-order valence-electron chi connectivity index (χ2n) is 10.0. The van der Waals surface area contributed by atoms with E-state index in [1.165, 1.54) is 45.5 Å². The van der Waals surface area contributed by atoms with Crippen molar-refractivity contribution in [2.24, 2.45) is 0 Å². The number of ether oxygens (including phenoxy) is 1. The maximum atomic E-state index is 13.7. The van der Waals surface area contributed by atoms with Gasteiger partial charge in [-0.15, -0.1) is 0 Å². The Balaban J connectivity index is 1.63. The highest BCUT2D eigenvalue weighted by Crippen LogP contribution is 2.43. The third-order valence-electron chi connectivity index (χ3n) is 7.29. The van der Waals surface area contributed by atoms with Crippen LogP contribution in [0.2, 0.25) is 0 Å². The molecule has 0 saturated heterocycles. The van der Waals surface area contributed by atoms with Crippen molar-refractivity contribution in [1.29, 1.82) is 0 Å². The summed E-state index contributed by atoms with van der Waals surface area (Å²) in [6.45, 7) is 0. The minimum Gasteiger partial charge on any atom is -0.496 e. The number of carbonyl (C=O) groups is 1. The van der Waals surface area contributed by atoms with Crippen molar-refractivity contribution in [3.63, 3.8) is 0 Å². The van der Waals surface area contributed by atoms with Gasteiger partial charge >= 0.3 is 0 Å². The largest absolute Gasteiger partial charge is 0.496 e. The number of benzene rings is 4. The molecule has 0 fully saturated rings. The zero-order valence-corrected chi connectivity index (χ0v) is 26.9. The fourth-order valence-electron chi connectivity index (χ4n) is 5.01. The van der Waals surface area contributed by atoms with E-state index in [1.54, 1.807) is 30.3 Å². The van der Waals surface area contributed by atoms with E-state index in [4.69, 9.17) is 13.6 Å². The zero-order chi connectivity index (χ0) is 31.3. The molecule has 4 aromatic carbocycles. The Morgan fingerprint density at radius 1 is 0.955 bits per heavy atom. The molecule has 0 radical (unpaired) electrons. The summed E-state index contributed by atoms with van der Waals surface area (Å²) in [5.74, 6) is 0.195. The molecule has 6 rings (SSSR count). The van der Waals surface area contributed by atoms with Gasteiger partial charge in [0.15, 0.2) is 5.58 Å². The lowest BCUT2D eigenvalue weighted by atomic mass is 9.97. The van der Waals surface area contributed by atoms with Crippen LogP contribution in [-0.4, -0.2) is 46.8 Å². The fraction of sp³-hybridized carbons (Fsp3) is 0.125. The van der Waals surface area contributed by atoms with E-state index >= 15 is 0 Å². The van der Waals surface area contributed by atoms with Gasteiger partial charge in [-0.3, -0.25) is 9.10 Å². The first kappa shape index (κ1) is 29.6. The second kappa shape index (κ2) is 11.2. The van der Waals surface area contributed by atoms with Gasteiger partial charge in [0.25, 0.3) is 5.91 Å².